The first-order valence-electron chi connectivity index (χ1n) is 6.50. The molecule has 104 valence electrons. The third-order valence-corrected chi connectivity index (χ3v) is 3.98. The first kappa shape index (κ1) is 16.0. The molecule has 0 atom stereocenters. The molecule has 1 aromatic heterocycles. The Morgan fingerprint density at radius 1 is 1.39 bits per heavy atom. The van der Waals surface area contributed by atoms with Gasteiger partial charge >= 0.3 is 0 Å². The lowest BCUT2D eigenvalue weighted by Crippen LogP contribution is -2.39. The van der Waals surface area contributed by atoms with Gasteiger partial charge in [-0.25, -0.2) is 0 Å². The summed E-state index contributed by atoms with van der Waals surface area (Å²) in [5.41, 5.74) is 2.19. The molecule has 1 N–H and O–H groups in total. The van der Waals surface area contributed by atoms with E-state index >= 15 is 0 Å². The minimum Gasteiger partial charge on any atom is -0.306 e. The van der Waals surface area contributed by atoms with Crippen molar-refractivity contribution in [2.45, 2.75) is 59.2 Å². The summed E-state index contributed by atoms with van der Waals surface area (Å²) < 4.78 is 2.00. The molecule has 5 heteroatoms. The van der Waals surface area contributed by atoms with Crippen LogP contribution in [-0.4, -0.2) is 20.6 Å². The molecule has 0 aromatic carbocycles. The molecule has 0 saturated heterocycles. The van der Waals surface area contributed by atoms with Gasteiger partial charge in [0.05, 0.1) is 16.4 Å². The van der Waals surface area contributed by atoms with Crippen molar-refractivity contribution in [3.63, 3.8) is 0 Å². The number of halogens is 2. The van der Waals surface area contributed by atoms with Crippen LogP contribution < -0.4 is 5.32 Å². The number of aryl methyl sites for hydroxylation is 2. The molecule has 0 aliphatic rings. The molecule has 0 radical (unpaired) electrons. The van der Waals surface area contributed by atoms with Crippen molar-refractivity contribution in [3.8, 4) is 0 Å². The Labute approximate surface area is 123 Å². The number of alkyl halides is 1. The number of aromatic nitrogens is 2. The second kappa shape index (κ2) is 6.92. The Hall–Kier alpha value is -0.0600. The third-order valence-electron chi connectivity index (χ3n) is 3.15. The van der Waals surface area contributed by atoms with Gasteiger partial charge in [0, 0.05) is 24.0 Å². The van der Waals surface area contributed by atoms with Crippen molar-refractivity contribution in [1.29, 1.82) is 0 Å². The summed E-state index contributed by atoms with van der Waals surface area (Å²) in [4.78, 5) is 0. The highest BCUT2D eigenvalue weighted by Gasteiger charge is 2.19. The summed E-state index contributed by atoms with van der Waals surface area (Å²) in [5, 5.41) is 9.90. The maximum atomic E-state index is 6.38. The van der Waals surface area contributed by atoms with Crippen LogP contribution >= 0.6 is 27.5 Å². The Morgan fingerprint density at radius 3 is 2.56 bits per heavy atom. The van der Waals surface area contributed by atoms with Gasteiger partial charge < -0.3 is 5.32 Å². The Balaban J connectivity index is 2.80. The van der Waals surface area contributed by atoms with Gasteiger partial charge in [0.1, 0.15) is 0 Å². The molecular formula is C13H23BrClN3. The van der Waals surface area contributed by atoms with Crippen LogP contribution in [0.15, 0.2) is 0 Å². The molecular weight excluding hydrogens is 314 g/mol. The summed E-state index contributed by atoms with van der Waals surface area (Å²) in [6.45, 7) is 10.2. The van der Waals surface area contributed by atoms with Gasteiger partial charge in [-0.3, -0.25) is 4.68 Å². The summed E-state index contributed by atoms with van der Waals surface area (Å²) in [6, 6.07) is 0. The maximum Gasteiger partial charge on any atom is 0.0863 e. The van der Waals surface area contributed by atoms with E-state index in [1.165, 1.54) is 0 Å². The molecule has 0 saturated carbocycles. The molecule has 3 nitrogen and oxygen atoms in total. The molecule has 0 unspecified atom stereocenters. The van der Waals surface area contributed by atoms with Crippen LogP contribution in [0.4, 0.5) is 0 Å². The largest absolute Gasteiger partial charge is 0.306 e. The summed E-state index contributed by atoms with van der Waals surface area (Å²) in [7, 11) is 0. The van der Waals surface area contributed by atoms with Gasteiger partial charge in [-0.2, -0.15) is 5.10 Å². The van der Waals surface area contributed by atoms with Crippen molar-refractivity contribution in [2.24, 2.45) is 0 Å². The number of nitrogens with zero attached hydrogens (tertiary/aromatic N) is 2. The number of hydrogen-bond acceptors (Lipinski definition) is 2. The van der Waals surface area contributed by atoms with E-state index in [4.69, 9.17) is 11.6 Å². The normalized spacial score (nSPS) is 12.1. The summed E-state index contributed by atoms with van der Waals surface area (Å²) in [5.74, 6) is 0. The lowest BCUT2D eigenvalue weighted by atomic mass is 10.0. The average molecular weight is 337 g/mol. The van der Waals surface area contributed by atoms with Crippen LogP contribution in [-0.2, 0) is 19.5 Å². The minimum absolute atomic E-state index is 0.0993. The molecule has 0 amide bonds. The smallest absolute Gasteiger partial charge is 0.0863 e. The highest BCUT2D eigenvalue weighted by molar-refractivity contribution is 9.09. The molecule has 18 heavy (non-hydrogen) atoms. The molecule has 0 fully saturated rings. The van der Waals surface area contributed by atoms with E-state index in [1.54, 1.807) is 0 Å². The quantitative estimate of drug-likeness (QED) is 0.768. The lowest BCUT2D eigenvalue weighted by Gasteiger charge is -2.25. The fraction of sp³-hybridized carbons (Fsp3) is 0.769. The first-order chi connectivity index (χ1) is 8.45. The number of hydrogen-bond donors (Lipinski definition) is 1. The maximum absolute atomic E-state index is 6.38. The van der Waals surface area contributed by atoms with Crippen molar-refractivity contribution < 1.29 is 0 Å². The SMILES string of the molecule is CCc1nn(CC)c(CNC(C)(C)CCBr)c1Cl. The fourth-order valence-electron chi connectivity index (χ4n) is 1.83. The second-order valence-electron chi connectivity index (χ2n) is 5.05. The van der Waals surface area contributed by atoms with Crippen molar-refractivity contribution >= 4 is 27.5 Å². The Kier molecular flexibility index (Phi) is 6.15. The van der Waals surface area contributed by atoms with Gasteiger partial charge in [0.25, 0.3) is 0 Å². The zero-order chi connectivity index (χ0) is 13.8. The van der Waals surface area contributed by atoms with Gasteiger partial charge in [-0.05, 0) is 33.6 Å². The summed E-state index contributed by atoms with van der Waals surface area (Å²) in [6.07, 6.45) is 1.95. The van der Waals surface area contributed by atoms with Crippen molar-refractivity contribution in [1.82, 2.24) is 15.1 Å². The van der Waals surface area contributed by atoms with E-state index in [9.17, 15) is 0 Å². The topological polar surface area (TPSA) is 29.9 Å². The molecule has 0 bridgehead atoms. The van der Waals surface area contributed by atoms with Crippen LogP contribution in [0.2, 0.25) is 5.02 Å². The highest BCUT2D eigenvalue weighted by atomic mass is 79.9. The van der Waals surface area contributed by atoms with Crippen molar-refractivity contribution in [2.75, 3.05) is 5.33 Å². The molecule has 1 rings (SSSR count). The molecule has 1 aromatic rings. The second-order valence-corrected chi connectivity index (χ2v) is 6.22. The predicted octanol–water partition coefficient (Wildman–Crippen LogP) is 3.77. The zero-order valence-electron chi connectivity index (χ0n) is 11.7. The average Bonchev–Trinajstić information content (AvgIpc) is 2.63. The fourth-order valence-corrected chi connectivity index (χ4v) is 3.16. The molecule has 1 heterocycles. The lowest BCUT2D eigenvalue weighted by molar-refractivity contribution is 0.370. The van der Waals surface area contributed by atoms with Gasteiger partial charge in [0.15, 0.2) is 0 Å². The minimum atomic E-state index is 0.0993. The zero-order valence-corrected chi connectivity index (χ0v) is 14.0. The van der Waals surface area contributed by atoms with E-state index < -0.39 is 0 Å². The van der Waals surface area contributed by atoms with Crippen molar-refractivity contribution in [3.05, 3.63) is 16.4 Å². The predicted molar refractivity (Wildman–Crippen MR) is 81.6 cm³/mol. The van der Waals surface area contributed by atoms with Gasteiger partial charge in [-0.1, -0.05) is 34.5 Å². The van der Waals surface area contributed by atoms with E-state index in [2.05, 4.69) is 54.0 Å². The third kappa shape index (κ3) is 3.97. The molecule has 0 aliphatic heterocycles. The molecule has 0 aliphatic carbocycles. The van der Waals surface area contributed by atoms with Crippen LogP contribution in [0.1, 0.15) is 45.5 Å². The van der Waals surface area contributed by atoms with Crippen LogP contribution in [0.25, 0.3) is 0 Å². The first-order valence-corrected chi connectivity index (χ1v) is 8.00. The Morgan fingerprint density at radius 2 is 2.06 bits per heavy atom. The van der Waals surface area contributed by atoms with E-state index in [0.717, 1.165) is 47.7 Å². The Bertz CT molecular complexity index is 388. The van der Waals surface area contributed by atoms with Gasteiger partial charge in [0.2, 0.25) is 0 Å². The van der Waals surface area contributed by atoms with Crippen LogP contribution in [0.3, 0.4) is 0 Å². The summed E-state index contributed by atoms with van der Waals surface area (Å²) >= 11 is 9.87. The standard InChI is InChI=1S/C13H23BrClN3/c1-5-10-12(15)11(18(6-2)17-10)9-16-13(3,4)7-8-14/h16H,5-9H2,1-4H3. The van der Waals surface area contributed by atoms with E-state index in [1.807, 2.05) is 4.68 Å². The van der Waals surface area contributed by atoms with Crippen LogP contribution in [0.5, 0.6) is 0 Å². The van der Waals surface area contributed by atoms with Gasteiger partial charge in [-0.15, -0.1) is 0 Å². The van der Waals surface area contributed by atoms with E-state index in [0.29, 0.717) is 0 Å². The monoisotopic (exact) mass is 335 g/mol. The van der Waals surface area contributed by atoms with E-state index in [-0.39, 0.29) is 5.54 Å². The number of nitrogens with one attached hydrogen (secondary N) is 1. The highest BCUT2D eigenvalue weighted by Crippen LogP contribution is 2.22. The van der Waals surface area contributed by atoms with Crippen LogP contribution in [0, 0.1) is 0 Å². The number of rotatable bonds is 7. The molecule has 0 spiro atoms.